The van der Waals surface area contributed by atoms with Gasteiger partial charge >= 0.3 is 0 Å². The van der Waals surface area contributed by atoms with Crippen LogP contribution in [0.4, 0.5) is 0 Å². The number of carbonyl (C=O) groups is 1. The van der Waals surface area contributed by atoms with Gasteiger partial charge in [-0.15, -0.1) is 12.3 Å². The van der Waals surface area contributed by atoms with Gasteiger partial charge in [0.15, 0.2) is 5.78 Å². The predicted octanol–water partition coefficient (Wildman–Crippen LogP) is 1.11. The average Bonchev–Trinajstić information content (AvgIpc) is 2.18. The molecule has 0 aromatic carbocycles. The van der Waals surface area contributed by atoms with Crippen molar-refractivity contribution in [1.82, 2.24) is 0 Å². The van der Waals surface area contributed by atoms with Gasteiger partial charge in [0.25, 0.3) is 0 Å². The van der Waals surface area contributed by atoms with E-state index < -0.39 is 0 Å². The molecule has 0 amide bonds. The van der Waals surface area contributed by atoms with Crippen molar-refractivity contribution < 1.29 is 4.79 Å². The summed E-state index contributed by atoms with van der Waals surface area (Å²) in [6.45, 7) is 0. The van der Waals surface area contributed by atoms with E-state index in [1.807, 2.05) is 12.5 Å². The van der Waals surface area contributed by atoms with Gasteiger partial charge in [-0.05, 0) is 6.42 Å². The van der Waals surface area contributed by atoms with Gasteiger partial charge in [0.1, 0.15) is 0 Å². The fraction of sp³-hybridized carbons (Fsp3) is 0.250. The molecule has 0 fully saturated rings. The summed E-state index contributed by atoms with van der Waals surface area (Å²) in [5.74, 6) is 2.60. The summed E-state index contributed by atoms with van der Waals surface area (Å²) < 4.78 is 0. The van der Waals surface area contributed by atoms with Gasteiger partial charge in [0, 0.05) is 18.4 Å². The van der Waals surface area contributed by atoms with Crippen molar-refractivity contribution >= 4 is 5.78 Å². The van der Waals surface area contributed by atoms with E-state index in [2.05, 4.69) is 5.92 Å². The zero-order chi connectivity index (χ0) is 6.69. The second-order valence-electron chi connectivity index (χ2n) is 1.94. The maximum Gasteiger partial charge on any atom is 0.160 e. The summed E-state index contributed by atoms with van der Waals surface area (Å²) in [6.07, 6.45) is 9.68. The minimum atomic E-state index is 0.174. The number of allylic oxidation sites excluding steroid dienone is 2. The molecule has 0 atom stereocenters. The van der Waals surface area contributed by atoms with Crippen molar-refractivity contribution in [2.45, 2.75) is 12.8 Å². The molecule has 1 rings (SSSR count). The van der Waals surface area contributed by atoms with E-state index in [0.717, 1.165) is 5.57 Å². The SMILES string of the molecule is C#CCC1=C[CH]CC1=O. The Labute approximate surface area is 54.8 Å². The third-order valence-corrected chi connectivity index (χ3v) is 1.27. The molecule has 45 valence electrons. The van der Waals surface area contributed by atoms with Crippen molar-refractivity contribution in [2.24, 2.45) is 0 Å². The summed E-state index contributed by atoms with van der Waals surface area (Å²) in [5, 5.41) is 0. The highest BCUT2D eigenvalue weighted by Crippen LogP contribution is 2.14. The van der Waals surface area contributed by atoms with Crippen LogP contribution in [0.2, 0.25) is 0 Å². The second kappa shape index (κ2) is 2.50. The lowest BCUT2D eigenvalue weighted by atomic mass is 10.1. The van der Waals surface area contributed by atoms with Crippen LogP contribution in [0.1, 0.15) is 12.8 Å². The Kier molecular flexibility index (Phi) is 1.69. The Hall–Kier alpha value is -1.03. The van der Waals surface area contributed by atoms with E-state index in [0.29, 0.717) is 12.8 Å². The number of rotatable bonds is 1. The van der Waals surface area contributed by atoms with Crippen LogP contribution in [-0.2, 0) is 4.79 Å². The van der Waals surface area contributed by atoms with Crippen LogP contribution >= 0.6 is 0 Å². The fourth-order valence-corrected chi connectivity index (χ4v) is 0.800. The Balaban J connectivity index is 2.60. The Morgan fingerprint density at radius 2 is 2.56 bits per heavy atom. The molecule has 0 aliphatic heterocycles. The fourth-order valence-electron chi connectivity index (χ4n) is 0.800. The first-order valence-corrected chi connectivity index (χ1v) is 2.83. The monoisotopic (exact) mass is 119 g/mol. The molecule has 0 aromatic rings. The molecule has 1 aliphatic carbocycles. The highest BCUT2D eigenvalue weighted by Gasteiger charge is 2.12. The first-order chi connectivity index (χ1) is 4.34. The number of Topliss-reactive ketones (excluding diaryl/α,β-unsaturated/α-hetero) is 1. The van der Waals surface area contributed by atoms with Crippen LogP contribution < -0.4 is 0 Å². The minimum Gasteiger partial charge on any atom is -0.295 e. The maximum atomic E-state index is 10.8. The predicted molar refractivity (Wildman–Crippen MR) is 35.5 cm³/mol. The van der Waals surface area contributed by atoms with E-state index in [4.69, 9.17) is 6.42 Å². The molecule has 1 radical (unpaired) electrons. The van der Waals surface area contributed by atoms with E-state index in [1.165, 1.54) is 0 Å². The number of hydrogen-bond acceptors (Lipinski definition) is 1. The Morgan fingerprint density at radius 1 is 1.78 bits per heavy atom. The Bertz CT molecular complexity index is 193. The lowest BCUT2D eigenvalue weighted by molar-refractivity contribution is -0.114. The minimum absolute atomic E-state index is 0.174. The van der Waals surface area contributed by atoms with Crippen molar-refractivity contribution in [2.75, 3.05) is 0 Å². The topological polar surface area (TPSA) is 17.1 Å². The largest absolute Gasteiger partial charge is 0.295 e. The molecule has 0 saturated heterocycles. The van der Waals surface area contributed by atoms with Crippen LogP contribution in [0.5, 0.6) is 0 Å². The van der Waals surface area contributed by atoms with Crippen LogP contribution in [0.15, 0.2) is 11.6 Å². The molecule has 1 nitrogen and oxygen atoms in total. The molecule has 1 aliphatic rings. The van der Waals surface area contributed by atoms with Crippen LogP contribution in [0.25, 0.3) is 0 Å². The number of hydrogen-bond donors (Lipinski definition) is 0. The number of terminal acetylenes is 1. The third-order valence-electron chi connectivity index (χ3n) is 1.27. The van der Waals surface area contributed by atoms with Crippen molar-refractivity contribution in [3.63, 3.8) is 0 Å². The lowest BCUT2D eigenvalue weighted by Crippen LogP contribution is -1.93. The van der Waals surface area contributed by atoms with Gasteiger partial charge < -0.3 is 0 Å². The van der Waals surface area contributed by atoms with Crippen LogP contribution in [-0.4, -0.2) is 5.78 Å². The van der Waals surface area contributed by atoms with Crippen molar-refractivity contribution in [1.29, 1.82) is 0 Å². The maximum absolute atomic E-state index is 10.8. The summed E-state index contributed by atoms with van der Waals surface area (Å²) >= 11 is 0. The van der Waals surface area contributed by atoms with Gasteiger partial charge in [-0.1, -0.05) is 6.08 Å². The normalized spacial score (nSPS) is 17.2. The molecule has 0 bridgehead atoms. The van der Waals surface area contributed by atoms with Gasteiger partial charge in [-0.3, -0.25) is 4.79 Å². The van der Waals surface area contributed by atoms with E-state index in [-0.39, 0.29) is 5.78 Å². The molecule has 0 N–H and O–H groups in total. The van der Waals surface area contributed by atoms with Gasteiger partial charge in [-0.2, -0.15) is 0 Å². The number of ketones is 1. The van der Waals surface area contributed by atoms with E-state index >= 15 is 0 Å². The highest BCUT2D eigenvalue weighted by atomic mass is 16.1. The van der Waals surface area contributed by atoms with Crippen LogP contribution in [0, 0.1) is 18.8 Å². The lowest BCUT2D eigenvalue weighted by Gasteiger charge is -1.88. The van der Waals surface area contributed by atoms with Gasteiger partial charge in [-0.25, -0.2) is 0 Å². The molecule has 9 heavy (non-hydrogen) atoms. The third kappa shape index (κ3) is 1.20. The first-order valence-electron chi connectivity index (χ1n) is 2.83. The summed E-state index contributed by atoms with van der Waals surface area (Å²) in [6, 6.07) is 0. The Morgan fingerprint density at radius 3 is 3.00 bits per heavy atom. The van der Waals surface area contributed by atoms with Crippen LogP contribution in [0.3, 0.4) is 0 Å². The van der Waals surface area contributed by atoms with E-state index in [1.54, 1.807) is 0 Å². The molecular weight excluding hydrogens is 112 g/mol. The second-order valence-corrected chi connectivity index (χ2v) is 1.94. The summed E-state index contributed by atoms with van der Waals surface area (Å²) in [5.41, 5.74) is 0.775. The summed E-state index contributed by atoms with van der Waals surface area (Å²) in [4.78, 5) is 10.8. The van der Waals surface area contributed by atoms with Crippen molar-refractivity contribution in [3.05, 3.63) is 18.1 Å². The van der Waals surface area contributed by atoms with Gasteiger partial charge in [0.05, 0.1) is 0 Å². The zero-order valence-electron chi connectivity index (χ0n) is 5.05. The molecule has 0 heterocycles. The average molecular weight is 119 g/mol. The van der Waals surface area contributed by atoms with E-state index in [9.17, 15) is 4.79 Å². The zero-order valence-corrected chi connectivity index (χ0v) is 5.05. The molecule has 0 unspecified atom stereocenters. The smallest absolute Gasteiger partial charge is 0.160 e. The quantitative estimate of drug-likeness (QED) is 0.472. The standard InChI is InChI=1S/C8H7O/c1-2-4-7-5-3-6-8(7)9/h1,3,5H,4,6H2. The molecular formula is C8H7O. The van der Waals surface area contributed by atoms with Gasteiger partial charge in [0.2, 0.25) is 0 Å². The first kappa shape index (κ1) is 6.10. The molecule has 1 heteroatoms. The number of carbonyl (C=O) groups excluding carboxylic acids is 1. The molecule has 0 spiro atoms. The highest BCUT2D eigenvalue weighted by molar-refractivity contribution is 5.99. The summed E-state index contributed by atoms with van der Waals surface area (Å²) in [7, 11) is 0. The van der Waals surface area contributed by atoms with Crippen molar-refractivity contribution in [3.8, 4) is 12.3 Å². The molecule has 0 aromatic heterocycles. The molecule has 0 saturated carbocycles.